The van der Waals surface area contributed by atoms with Crippen molar-refractivity contribution >= 4 is 21.4 Å². The fourth-order valence-corrected chi connectivity index (χ4v) is 2.58. The number of sulfonamides is 1. The van der Waals surface area contributed by atoms with Gasteiger partial charge in [0.25, 0.3) is 10.0 Å². The molecule has 0 bridgehead atoms. The molecule has 0 amide bonds. The van der Waals surface area contributed by atoms with Gasteiger partial charge in [0.15, 0.2) is 5.03 Å². The van der Waals surface area contributed by atoms with Crippen LogP contribution in [0.4, 0.5) is 15.8 Å². The van der Waals surface area contributed by atoms with Crippen molar-refractivity contribution in [3.63, 3.8) is 0 Å². The predicted molar refractivity (Wildman–Crippen MR) is 71.8 cm³/mol. The molecular formula is C11H11FN4O4S. The Labute approximate surface area is 119 Å². The molecule has 0 saturated heterocycles. The third kappa shape index (κ3) is 3.16. The Hall–Kier alpha value is -2.49. The molecule has 0 aliphatic rings. The molecule has 0 atom stereocenters. The summed E-state index contributed by atoms with van der Waals surface area (Å²) in [5.74, 6) is -0.557. The molecule has 112 valence electrons. The van der Waals surface area contributed by atoms with E-state index in [1.807, 2.05) is 0 Å². The molecule has 0 aliphatic carbocycles. The number of anilines is 1. The largest absolute Gasteiger partial charge is 0.332 e. The molecule has 2 aromatic rings. The van der Waals surface area contributed by atoms with Crippen LogP contribution < -0.4 is 4.72 Å². The number of aryl methyl sites for hydroxylation is 1. The van der Waals surface area contributed by atoms with Crippen LogP contribution >= 0.6 is 0 Å². The van der Waals surface area contributed by atoms with Gasteiger partial charge >= 0.3 is 5.69 Å². The quantitative estimate of drug-likeness (QED) is 0.644. The Balaban J connectivity index is 2.32. The van der Waals surface area contributed by atoms with Gasteiger partial charge in [0, 0.05) is 12.5 Å². The van der Waals surface area contributed by atoms with Crippen molar-refractivity contribution in [2.75, 3.05) is 4.72 Å². The lowest BCUT2D eigenvalue weighted by Crippen LogP contribution is -2.13. The topological polar surface area (TPSA) is 118 Å². The minimum atomic E-state index is -3.97. The SMILES string of the molecule is CCc1ncc(S(=O)(=O)Nc2ccc(F)c([N+](=O)[O-])c2)[nH]1. The number of nitrogens with one attached hydrogen (secondary N) is 2. The van der Waals surface area contributed by atoms with Gasteiger partial charge in [-0.1, -0.05) is 6.92 Å². The number of aromatic nitrogens is 2. The van der Waals surface area contributed by atoms with E-state index in [0.29, 0.717) is 12.2 Å². The summed E-state index contributed by atoms with van der Waals surface area (Å²) in [6.07, 6.45) is 1.66. The molecule has 10 heteroatoms. The van der Waals surface area contributed by atoms with Crippen molar-refractivity contribution < 1.29 is 17.7 Å². The number of H-pyrrole nitrogens is 1. The van der Waals surface area contributed by atoms with Crippen molar-refractivity contribution in [1.29, 1.82) is 0 Å². The normalized spacial score (nSPS) is 11.3. The summed E-state index contributed by atoms with van der Waals surface area (Å²) in [4.78, 5) is 16.2. The van der Waals surface area contributed by atoms with Crippen LogP contribution in [-0.4, -0.2) is 23.3 Å². The van der Waals surface area contributed by atoms with E-state index in [9.17, 15) is 22.9 Å². The van der Waals surface area contributed by atoms with E-state index >= 15 is 0 Å². The number of imidazole rings is 1. The van der Waals surface area contributed by atoms with Crippen molar-refractivity contribution in [1.82, 2.24) is 9.97 Å². The minimum absolute atomic E-state index is 0.115. The lowest BCUT2D eigenvalue weighted by Gasteiger charge is -2.06. The molecule has 2 N–H and O–H groups in total. The molecule has 0 spiro atoms. The van der Waals surface area contributed by atoms with Crippen LogP contribution in [0.2, 0.25) is 0 Å². The predicted octanol–water partition coefficient (Wildman–Crippen LogP) is 1.82. The molecule has 1 aromatic heterocycles. The van der Waals surface area contributed by atoms with Gasteiger partial charge < -0.3 is 4.98 Å². The van der Waals surface area contributed by atoms with Gasteiger partial charge in [-0.25, -0.2) is 4.98 Å². The van der Waals surface area contributed by atoms with Gasteiger partial charge in [0.05, 0.1) is 16.8 Å². The van der Waals surface area contributed by atoms with E-state index < -0.39 is 26.5 Å². The number of nitro groups is 1. The zero-order valence-electron chi connectivity index (χ0n) is 10.8. The highest BCUT2D eigenvalue weighted by Gasteiger charge is 2.20. The third-order valence-corrected chi connectivity index (χ3v) is 3.92. The Morgan fingerprint density at radius 3 is 2.76 bits per heavy atom. The highest BCUT2D eigenvalue weighted by atomic mass is 32.2. The lowest BCUT2D eigenvalue weighted by atomic mass is 10.3. The Kier molecular flexibility index (Phi) is 3.89. The van der Waals surface area contributed by atoms with E-state index in [0.717, 1.165) is 24.4 Å². The van der Waals surface area contributed by atoms with Crippen LogP contribution in [0.1, 0.15) is 12.7 Å². The van der Waals surface area contributed by atoms with Gasteiger partial charge in [0.2, 0.25) is 5.82 Å². The third-order valence-electron chi connectivity index (χ3n) is 2.62. The fourth-order valence-electron chi connectivity index (χ4n) is 1.59. The van der Waals surface area contributed by atoms with E-state index in [-0.39, 0.29) is 10.7 Å². The molecular weight excluding hydrogens is 303 g/mol. The summed E-state index contributed by atoms with van der Waals surface area (Å²) >= 11 is 0. The molecule has 0 unspecified atom stereocenters. The van der Waals surface area contributed by atoms with E-state index in [1.165, 1.54) is 0 Å². The van der Waals surface area contributed by atoms with Gasteiger partial charge in [-0.05, 0) is 12.1 Å². The molecule has 8 nitrogen and oxygen atoms in total. The molecule has 0 aliphatic heterocycles. The number of halogens is 1. The molecule has 0 saturated carbocycles. The maximum atomic E-state index is 13.2. The molecule has 1 heterocycles. The minimum Gasteiger partial charge on any atom is -0.332 e. The molecule has 0 fully saturated rings. The Bertz CT molecular complexity index is 787. The highest BCUT2D eigenvalue weighted by Crippen LogP contribution is 2.23. The number of nitro benzene ring substituents is 1. The summed E-state index contributed by atoms with van der Waals surface area (Å²) in [6, 6.07) is 2.72. The van der Waals surface area contributed by atoms with Crippen molar-refractivity contribution in [2.45, 2.75) is 18.4 Å². The highest BCUT2D eigenvalue weighted by molar-refractivity contribution is 7.92. The smallest absolute Gasteiger partial charge is 0.306 e. The zero-order chi connectivity index (χ0) is 15.6. The molecule has 2 rings (SSSR count). The average Bonchev–Trinajstić information content (AvgIpc) is 2.90. The monoisotopic (exact) mass is 314 g/mol. The van der Waals surface area contributed by atoms with Crippen LogP contribution in [0, 0.1) is 15.9 Å². The number of hydrogen-bond acceptors (Lipinski definition) is 5. The number of rotatable bonds is 5. The van der Waals surface area contributed by atoms with E-state index in [4.69, 9.17) is 0 Å². The summed E-state index contributed by atoms with van der Waals surface area (Å²) in [7, 11) is -3.97. The molecule has 21 heavy (non-hydrogen) atoms. The maximum absolute atomic E-state index is 13.2. The number of nitrogens with zero attached hydrogens (tertiary/aromatic N) is 2. The first-order chi connectivity index (χ1) is 9.83. The fraction of sp³-hybridized carbons (Fsp3) is 0.182. The average molecular weight is 314 g/mol. The zero-order valence-corrected chi connectivity index (χ0v) is 11.6. The van der Waals surface area contributed by atoms with E-state index in [2.05, 4.69) is 14.7 Å². The first-order valence-electron chi connectivity index (χ1n) is 5.84. The van der Waals surface area contributed by atoms with Crippen molar-refractivity contribution in [3.8, 4) is 0 Å². The maximum Gasteiger partial charge on any atom is 0.306 e. The number of aromatic amines is 1. The standard InChI is InChI=1S/C11H11FN4O4S/c1-2-10-13-6-11(14-10)21(19,20)15-7-3-4-8(12)9(5-7)16(17)18/h3-6,15H,2H2,1H3,(H,13,14). The van der Waals surface area contributed by atoms with Gasteiger partial charge in [-0.3, -0.25) is 14.8 Å². The summed E-state index contributed by atoms with van der Waals surface area (Å²) in [5, 5.41) is 10.4. The summed E-state index contributed by atoms with van der Waals surface area (Å²) < 4.78 is 39.4. The second-order valence-corrected chi connectivity index (χ2v) is 5.73. The molecule has 0 radical (unpaired) electrons. The lowest BCUT2D eigenvalue weighted by molar-refractivity contribution is -0.387. The Morgan fingerprint density at radius 1 is 1.48 bits per heavy atom. The second kappa shape index (κ2) is 5.48. The second-order valence-electron chi connectivity index (χ2n) is 4.08. The van der Waals surface area contributed by atoms with Gasteiger partial charge in [0.1, 0.15) is 5.82 Å². The summed E-state index contributed by atoms with van der Waals surface area (Å²) in [6.45, 7) is 1.80. The van der Waals surface area contributed by atoms with Gasteiger partial charge in [-0.2, -0.15) is 12.8 Å². The van der Waals surface area contributed by atoms with Crippen LogP contribution in [-0.2, 0) is 16.4 Å². The van der Waals surface area contributed by atoms with Crippen molar-refractivity contribution in [2.24, 2.45) is 0 Å². The Morgan fingerprint density at radius 2 is 2.19 bits per heavy atom. The first-order valence-corrected chi connectivity index (χ1v) is 7.32. The molecule has 1 aromatic carbocycles. The first kappa shape index (κ1) is 14.9. The summed E-state index contributed by atoms with van der Waals surface area (Å²) in [5.41, 5.74) is -0.926. The van der Waals surface area contributed by atoms with Crippen molar-refractivity contribution in [3.05, 3.63) is 46.2 Å². The number of hydrogen-bond donors (Lipinski definition) is 2. The van der Waals surface area contributed by atoms with Crippen LogP contribution in [0.25, 0.3) is 0 Å². The van der Waals surface area contributed by atoms with Gasteiger partial charge in [-0.15, -0.1) is 0 Å². The van der Waals surface area contributed by atoms with Crippen LogP contribution in [0.3, 0.4) is 0 Å². The van der Waals surface area contributed by atoms with E-state index in [1.54, 1.807) is 6.92 Å². The number of benzene rings is 1. The van der Waals surface area contributed by atoms with Crippen LogP contribution in [0.15, 0.2) is 29.4 Å². The van der Waals surface area contributed by atoms with Crippen LogP contribution in [0.5, 0.6) is 0 Å².